The van der Waals surface area contributed by atoms with Crippen LogP contribution < -0.4 is 10.1 Å². The maximum atomic E-state index is 13.3. The molecule has 2 heterocycles. The lowest BCUT2D eigenvalue weighted by atomic mass is 10.1. The molecule has 13 heteroatoms. The van der Waals surface area contributed by atoms with E-state index >= 15 is 0 Å². The van der Waals surface area contributed by atoms with Gasteiger partial charge in [-0.3, -0.25) is 14.4 Å². The zero-order valence-corrected chi connectivity index (χ0v) is 22.2. The lowest BCUT2D eigenvalue weighted by Gasteiger charge is -2.35. The molecule has 1 unspecified atom stereocenters. The summed E-state index contributed by atoms with van der Waals surface area (Å²) < 4.78 is 17.4. The highest BCUT2D eigenvalue weighted by Gasteiger charge is 2.31. The van der Waals surface area contributed by atoms with E-state index in [1.807, 2.05) is 30.3 Å². The van der Waals surface area contributed by atoms with Gasteiger partial charge in [0.25, 0.3) is 5.91 Å². The minimum atomic E-state index is -1.09. The molecule has 1 saturated heterocycles. The van der Waals surface area contributed by atoms with Gasteiger partial charge >= 0.3 is 12.1 Å². The molecule has 0 aliphatic carbocycles. The molecule has 1 atom stereocenters. The predicted molar refractivity (Wildman–Crippen MR) is 139 cm³/mol. The summed E-state index contributed by atoms with van der Waals surface area (Å²) >= 11 is 0. The molecule has 13 nitrogen and oxygen atoms in total. The van der Waals surface area contributed by atoms with Crippen LogP contribution in [0.4, 0.5) is 4.79 Å². The summed E-state index contributed by atoms with van der Waals surface area (Å²) in [6.45, 7) is 3.83. The van der Waals surface area contributed by atoms with Crippen molar-refractivity contribution in [2.75, 3.05) is 53.1 Å². The topological polar surface area (TPSA) is 153 Å². The molecule has 1 aliphatic heterocycles. The van der Waals surface area contributed by atoms with Gasteiger partial charge in [-0.2, -0.15) is 5.10 Å². The summed E-state index contributed by atoms with van der Waals surface area (Å²) in [6.07, 6.45) is -0.230. The molecule has 0 spiro atoms. The number of aromatic nitrogens is 2. The van der Waals surface area contributed by atoms with Gasteiger partial charge in [-0.1, -0.05) is 18.2 Å². The van der Waals surface area contributed by atoms with E-state index in [9.17, 15) is 24.3 Å². The van der Waals surface area contributed by atoms with Crippen LogP contribution in [-0.4, -0.2) is 108 Å². The number of methoxy groups -OCH3 is 1. The van der Waals surface area contributed by atoms with E-state index in [1.54, 1.807) is 14.0 Å². The van der Waals surface area contributed by atoms with Crippen LogP contribution in [0.3, 0.4) is 0 Å². The average Bonchev–Trinajstić information content (AvgIpc) is 3.38. The first-order valence-corrected chi connectivity index (χ1v) is 12.8. The number of aliphatic carboxylic acids is 1. The Hall–Kier alpha value is -4.13. The minimum absolute atomic E-state index is 0.0147. The largest absolute Gasteiger partial charge is 0.481 e. The lowest BCUT2D eigenvalue weighted by Crippen LogP contribution is -2.56. The van der Waals surface area contributed by atoms with Gasteiger partial charge in [0.2, 0.25) is 11.8 Å². The summed E-state index contributed by atoms with van der Waals surface area (Å²) in [5.74, 6) is -1.81. The van der Waals surface area contributed by atoms with Gasteiger partial charge in [-0.05, 0) is 25.5 Å². The molecule has 1 aromatic heterocycles. The maximum Gasteiger partial charge on any atom is 0.409 e. The van der Waals surface area contributed by atoms with E-state index in [4.69, 9.17) is 14.2 Å². The van der Waals surface area contributed by atoms with Gasteiger partial charge < -0.3 is 34.4 Å². The summed E-state index contributed by atoms with van der Waals surface area (Å²) in [6, 6.07) is 9.52. The molecule has 1 aromatic carbocycles. The Bertz CT molecular complexity index is 1110. The quantitative estimate of drug-likeness (QED) is 0.357. The molecule has 0 radical (unpaired) electrons. The average molecular weight is 546 g/mol. The molecule has 0 bridgehead atoms. The van der Waals surface area contributed by atoms with Crippen LogP contribution in [0.2, 0.25) is 0 Å². The Morgan fingerprint density at radius 3 is 2.38 bits per heavy atom. The van der Waals surface area contributed by atoms with Gasteiger partial charge in [-0.25, -0.2) is 9.48 Å². The molecule has 2 N–H and O–H groups in total. The molecular formula is C26H35N5O8. The Balaban J connectivity index is 1.74. The third kappa shape index (κ3) is 8.43. The first-order chi connectivity index (χ1) is 18.8. The van der Waals surface area contributed by atoms with Crippen molar-refractivity contribution >= 4 is 23.9 Å². The Morgan fingerprint density at radius 1 is 1.05 bits per heavy atom. The molecule has 2 aromatic rings. The highest BCUT2D eigenvalue weighted by molar-refractivity contribution is 5.96. The summed E-state index contributed by atoms with van der Waals surface area (Å²) in [5, 5.41) is 16.3. The summed E-state index contributed by atoms with van der Waals surface area (Å²) in [5.41, 5.74) is 0.692. The zero-order valence-electron chi connectivity index (χ0n) is 22.2. The van der Waals surface area contributed by atoms with Crippen molar-refractivity contribution in [3.05, 3.63) is 42.1 Å². The van der Waals surface area contributed by atoms with Crippen molar-refractivity contribution < 1.29 is 38.5 Å². The van der Waals surface area contributed by atoms with Crippen molar-refractivity contribution in [2.24, 2.45) is 0 Å². The van der Waals surface area contributed by atoms with Crippen molar-refractivity contribution in [2.45, 2.75) is 32.2 Å². The van der Waals surface area contributed by atoms with E-state index < -0.39 is 29.9 Å². The number of para-hydroxylation sites is 1. The predicted octanol–water partition coefficient (Wildman–Crippen LogP) is 1.55. The van der Waals surface area contributed by atoms with E-state index in [-0.39, 0.29) is 51.3 Å². The first-order valence-electron chi connectivity index (χ1n) is 12.8. The third-order valence-corrected chi connectivity index (χ3v) is 6.02. The third-order valence-electron chi connectivity index (χ3n) is 6.02. The fraction of sp³-hybridized carbons (Fsp3) is 0.500. The monoisotopic (exact) mass is 545 g/mol. The van der Waals surface area contributed by atoms with Crippen molar-refractivity contribution in [1.29, 1.82) is 0 Å². The number of carbonyl (C=O) groups excluding carboxylic acids is 3. The molecule has 0 saturated carbocycles. The second kappa shape index (κ2) is 14.7. The Morgan fingerprint density at radius 2 is 1.74 bits per heavy atom. The number of carboxylic acids is 1. The fourth-order valence-electron chi connectivity index (χ4n) is 4.01. The number of hydrogen-bond donors (Lipinski definition) is 2. The van der Waals surface area contributed by atoms with E-state index in [0.29, 0.717) is 31.2 Å². The highest BCUT2D eigenvalue weighted by Crippen LogP contribution is 2.20. The normalized spacial score (nSPS) is 14.0. The second-order valence-corrected chi connectivity index (χ2v) is 8.78. The highest BCUT2D eigenvalue weighted by atomic mass is 16.6. The number of benzene rings is 1. The standard InChI is InChI=1S/C26H35N5O8/c1-3-38-26(36)30-14-12-29(13-15-30)25(35)20(10-11-23(32)33)27-24(34)21-18-22(39-17-7-16-37-2)31(28-21)19-8-5-4-6-9-19/h4-6,8-9,18,20H,3,7,10-17H2,1-2H3,(H,27,34)(H,32,33). The fourth-order valence-corrected chi connectivity index (χ4v) is 4.01. The molecule has 3 amide bonds. The summed E-state index contributed by atoms with van der Waals surface area (Å²) in [7, 11) is 1.60. The summed E-state index contributed by atoms with van der Waals surface area (Å²) in [4.78, 5) is 52.8. The molecule has 39 heavy (non-hydrogen) atoms. The molecular weight excluding hydrogens is 510 g/mol. The first kappa shape index (κ1) is 29.4. The second-order valence-electron chi connectivity index (χ2n) is 8.78. The Labute approximate surface area is 226 Å². The number of nitrogens with zero attached hydrogens (tertiary/aromatic N) is 4. The smallest absolute Gasteiger partial charge is 0.409 e. The van der Waals surface area contributed by atoms with E-state index in [0.717, 1.165) is 0 Å². The number of carbonyl (C=O) groups is 4. The van der Waals surface area contributed by atoms with Crippen LogP contribution in [0, 0.1) is 0 Å². The van der Waals surface area contributed by atoms with Crippen molar-refractivity contribution in [3.63, 3.8) is 0 Å². The molecule has 3 rings (SSSR count). The van der Waals surface area contributed by atoms with Gasteiger partial charge in [0.15, 0.2) is 5.69 Å². The number of carboxylic acid groups (broad SMARTS) is 1. The van der Waals surface area contributed by atoms with Gasteiger partial charge in [0.1, 0.15) is 6.04 Å². The van der Waals surface area contributed by atoms with Crippen LogP contribution in [0.1, 0.15) is 36.7 Å². The molecule has 1 aliphatic rings. The number of nitrogens with one attached hydrogen (secondary N) is 1. The lowest BCUT2D eigenvalue weighted by molar-refractivity contribution is -0.138. The van der Waals surface area contributed by atoms with Crippen molar-refractivity contribution in [1.82, 2.24) is 24.9 Å². The SMILES string of the molecule is CCOC(=O)N1CCN(C(=O)C(CCC(=O)O)NC(=O)c2cc(OCCCOC)n(-c3ccccc3)n2)CC1. The number of piperazine rings is 1. The number of hydrogen-bond acceptors (Lipinski definition) is 8. The van der Waals surface area contributed by atoms with Crippen LogP contribution >= 0.6 is 0 Å². The van der Waals surface area contributed by atoms with Gasteiger partial charge in [0, 0.05) is 58.8 Å². The van der Waals surface area contributed by atoms with Gasteiger partial charge in [-0.15, -0.1) is 0 Å². The zero-order chi connectivity index (χ0) is 28.2. The van der Waals surface area contributed by atoms with Gasteiger partial charge in [0.05, 0.1) is 18.9 Å². The Kier molecular flexibility index (Phi) is 11.1. The van der Waals surface area contributed by atoms with Crippen LogP contribution in [0.5, 0.6) is 5.88 Å². The number of amides is 3. The number of ether oxygens (including phenoxy) is 3. The molecule has 212 valence electrons. The minimum Gasteiger partial charge on any atom is -0.481 e. The van der Waals surface area contributed by atoms with E-state index in [2.05, 4.69) is 10.4 Å². The van der Waals surface area contributed by atoms with E-state index in [1.165, 1.54) is 20.5 Å². The van der Waals surface area contributed by atoms with Crippen LogP contribution in [0.25, 0.3) is 5.69 Å². The molecule has 1 fully saturated rings. The van der Waals surface area contributed by atoms with Crippen LogP contribution in [0.15, 0.2) is 36.4 Å². The maximum absolute atomic E-state index is 13.3. The van der Waals surface area contributed by atoms with Crippen molar-refractivity contribution in [3.8, 4) is 11.6 Å². The number of rotatable bonds is 13. The van der Waals surface area contributed by atoms with Crippen LogP contribution in [-0.2, 0) is 19.1 Å².